The van der Waals surface area contributed by atoms with E-state index in [2.05, 4.69) is 5.32 Å². The van der Waals surface area contributed by atoms with Crippen LogP contribution in [0.2, 0.25) is 0 Å². The summed E-state index contributed by atoms with van der Waals surface area (Å²) < 4.78 is 10.4. The average molecular weight is 280 g/mol. The molecule has 20 heavy (non-hydrogen) atoms. The molecule has 1 rings (SSSR count). The van der Waals surface area contributed by atoms with E-state index in [-0.39, 0.29) is 5.91 Å². The summed E-state index contributed by atoms with van der Waals surface area (Å²) >= 11 is 0. The molecule has 0 aliphatic carbocycles. The molecule has 1 aromatic rings. The van der Waals surface area contributed by atoms with Crippen molar-refractivity contribution >= 4 is 11.6 Å². The van der Waals surface area contributed by atoms with Gasteiger partial charge in [-0.3, -0.25) is 4.79 Å². The van der Waals surface area contributed by atoms with E-state index in [1.54, 1.807) is 7.11 Å². The van der Waals surface area contributed by atoms with Crippen molar-refractivity contribution in [3.63, 3.8) is 0 Å². The smallest absolute Gasteiger partial charge is 0.224 e. The van der Waals surface area contributed by atoms with Crippen LogP contribution in [0.3, 0.4) is 0 Å². The van der Waals surface area contributed by atoms with Crippen molar-refractivity contribution in [1.29, 1.82) is 0 Å². The lowest BCUT2D eigenvalue weighted by Gasteiger charge is -2.08. The van der Waals surface area contributed by atoms with Gasteiger partial charge in [0.25, 0.3) is 0 Å². The van der Waals surface area contributed by atoms with Gasteiger partial charge in [0.05, 0.1) is 19.8 Å². The number of carbonyl (C=O) groups excluding carboxylic acids is 1. The van der Waals surface area contributed by atoms with Crippen molar-refractivity contribution in [2.75, 3.05) is 32.2 Å². The summed E-state index contributed by atoms with van der Waals surface area (Å²) in [6.07, 6.45) is 2.20. The summed E-state index contributed by atoms with van der Waals surface area (Å²) in [4.78, 5) is 11.7. The first-order valence-corrected chi connectivity index (χ1v) is 6.92. The van der Waals surface area contributed by atoms with Gasteiger partial charge in [0.15, 0.2) is 0 Å². The number of ether oxygens (including phenoxy) is 2. The maximum Gasteiger partial charge on any atom is 0.224 e. The molecule has 112 valence electrons. The molecule has 0 fully saturated rings. The van der Waals surface area contributed by atoms with Gasteiger partial charge < -0.3 is 20.5 Å². The Labute approximate surface area is 120 Å². The average Bonchev–Trinajstić information content (AvgIpc) is 2.44. The number of nitrogens with one attached hydrogen (secondary N) is 1. The molecule has 0 radical (unpaired) electrons. The normalized spacial score (nSPS) is 10.5. The molecule has 0 saturated carbocycles. The number of unbranched alkanes of at least 4 members (excludes halogenated alkanes) is 1. The van der Waals surface area contributed by atoms with Gasteiger partial charge in [0.1, 0.15) is 0 Å². The van der Waals surface area contributed by atoms with Crippen LogP contribution in [0.15, 0.2) is 24.3 Å². The van der Waals surface area contributed by atoms with Gasteiger partial charge in [-0.2, -0.15) is 0 Å². The lowest BCUT2D eigenvalue weighted by atomic mass is 10.2. The second kappa shape index (κ2) is 10.4. The van der Waals surface area contributed by atoms with Gasteiger partial charge in [-0.1, -0.05) is 12.1 Å². The first-order valence-electron chi connectivity index (χ1n) is 6.92. The Morgan fingerprint density at radius 3 is 2.90 bits per heavy atom. The largest absolute Gasteiger partial charge is 0.382 e. The van der Waals surface area contributed by atoms with Crippen LogP contribution in [0.5, 0.6) is 0 Å². The molecule has 0 heterocycles. The minimum atomic E-state index is 0.0240. The molecule has 1 amide bonds. The lowest BCUT2D eigenvalue weighted by Crippen LogP contribution is -2.12. The number of nitrogens with two attached hydrogens (primary N) is 1. The molecule has 0 aliphatic rings. The van der Waals surface area contributed by atoms with E-state index in [9.17, 15) is 4.79 Å². The Morgan fingerprint density at radius 1 is 1.30 bits per heavy atom. The zero-order valence-electron chi connectivity index (χ0n) is 12.1. The highest BCUT2D eigenvalue weighted by Gasteiger charge is 2.03. The summed E-state index contributed by atoms with van der Waals surface area (Å²) in [5, 5.41) is 2.88. The zero-order valence-corrected chi connectivity index (χ0v) is 12.1. The molecule has 0 spiro atoms. The first-order chi connectivity index (χ1) is 9.76. The van der Waals surface area contributed by atoms with Crippen molar-refractivity contribution in [3.8, 4) is 0 Å². The van der Waals surface area contributed by atoms with Crippen LogP contribution in [0.25, 0.3) is 0 Å². The molecule has 0 saturated heterocycles. The fourth-order valence-electron chi connectivity index (χ4n) is 1.72. The third-order valence-corrected chi connectivity index (χ3v) is 2.77. The predicted octanol–water partition coefficient (Wildman–Crippen LogP) is 1.92. The third-order valence-electron chi connectivity index (χ3n) is 2.77. The number of methoxy groups -OCH3 is 1. The van der Waals surface area contributed by atoms with Crippen molar-refractivity contribution in [3.05, 3.63) is 29.8 Å². The van der Waals surface area contributed by atoms with Crippen LogP contribution in [0.4, 0.5) is 5.69 Å². The zero-order chi connectivity index (χ0) is 14.6. The maximum atomic E-state index is 11.7. The molecule has 5 heteroatoms. The molecular formula is C15H24N2O3. The Bertz CT molecular complexity index is 396. The molecule has 1 aromatic carbocycles. The van der Waals surface area contributed by atoms with E-state index in [1.165, 1.54) is 0 Å². The van der Waals surface area contributed by atoms with E-state index in [4.69, 9.17) is 15.2 Å². The van der Waals surface area contributed by atoms with Crippen molar-refractivity contribution in [2.45, 2.75) is 25.9 Å². The van der Waals surface area contributed by atoms with E-state index in [0.717, 1.165) is 24.1 Å². The second-order valence-electron chi connectivity index (χ2n) is 4.54. The fraction of sp³-hybridized carbons (Fsp3) is 0.533. The van der Waals surface area contributed by atoms with Crippen molar-refractivity contribution in [2.24, 2.45) is 5.73 Å². The minimum absolute atomic E-state index is 0.0240. The number of hydrogen-bond acceptors (Lipinski definition) is 4. The number of anilines is 1. The van der Waals surface area contributed by atoms with Crippen LogP contribution in [0.1, 0.15) is 24.8 Å². The molecule has 0 bridgehead atoms. The van der Waals surface area contributed by atoms with Crippen LogP contribution >= 0.6 is 0 Å². The van der Waals surface area contributed by atoms with Gasteiger partial charge in [-0.15, -0.1) is 0 Å². The van der Waals surface area contributed by atoms with E-state index in [1.807, 2.05) is 24.3 Å². The molecule has 0 unspecified atom stereocenters. The molecule has 3 N–H and O–H groups in total. The van der Waals surface area contributed by atoms with Crippen molar-refractivity contribution < 1.29 is 14.3 Å². The Balaban J connectivity index is 2.36. The third kappa shape index (κ3) is 7.23. The van der Waals surface area contributed by atoms with Crippen LogP contribution in [0, 0.1) is 0 Å². The number of amides is 1. The van der Waals surface area contributed by atoms with Gasteiger partial charge >= 0.3 is 0 Å². The highest BCUT2D eigenvalue weighted by Crippen LogP contribution is 2.12. The Hall–Kier alpha value is -1.43. The SMILES string of the molecule is COCCOCc1cccc(NC(=O)CCCCN)c1. The monoisotopic (exact) mass is 280 g/mol. The fourth-order valence-corrected chi connectivity index (χ4v) is 1.72. The quantitative estimate of drug-likeness (QED) is 0.642. The van der Waals surface area contributed by atoms with Gasteiger partial charge in [0, 0.05) is 19.2 Å². The van der Waals surface area contributed by atoms with Crippen molar-refractivity contribution in [1.82, 2.24) is 0 Å². The van der Waals surface area contributed by atoms with E-state index >= 15 is 0 Å². The van der Waals surface area contributed by atoms with Gasteiger partial charge in [-0.25, -0.2) is 0 Å². The molecule has 0 atom stereocenters. The maximum absolute atomic E-state index is 11.7. The Morgan fingerprint density at radius 2 is 2.15 bits per heavy atom. The number of benzene rings is 1. The lowest BCUT2D eigenvalue weighted by molar-refractivity contribution is -0.116. The number of rotatable bonds is 10. The minimum Gasteiger partial charge on any atom is -0.382 e. The van der Waals surface area contributed by atoms with Crippen LogP contribution < -0.4 is 11.1 Å². The van der Waals surface area contributed by atoms with Crippen LogP contribution in [-0.2, 0) is 20.9 Å². The highest BCUT2D eigenvalue weighted by atomic mass is 16.5. The van der Waals surface area contributed by atoms with E-state index in [0.29, 0.717) is 32.8 Å². The summed E-state index contributed by atoms with van der Waals surface area (Å²) in [5.74, 6) is 0.0240. The van der Waals surface area contributed by atoms with E-state index < -0.39 is 0 Å². The molecular weight excluding hydrogens is 256 g/mol. The Kier molecular flexibility index (Phi) is 8.62. The summed E-state index contributed by atoms with van der Waals surface area (Å²) in [7, 11) is 1.64. The topological polar surface area (TPSA) is 73.6 Å². The summed E-state index contributed by atoms with van der Waals surface area (Å²) in [5.41, 5.74) is 7.23. The molecule has 5 nitrogen and oxygen atoms in total. The van der Waals surface area contributed by atoms with Gasteiger partial charge in [-0.05, 0) is 37.1 Å². The second-order valence-corrected chi connectivity index (χ2v) is 4.54. The number of hydrogen-bond donors (Lipinski definition) is 2. The first kappa shape index (κ1) is 16.6. The number of carbonyl (C=O) groups is 1. The summed E-state index contributed by atoms with van der Waals surface area (Å²) in [6.45, 7) is 2.28. The standard InChI is InChI=1S/C15H24N2O3/c1-19-9-10-20-12-13-5-4-6-14(11-13)17-15(18)7-2-3-8-16/h4-6,11H,2-3,7-10,12,16H2,1H3,(H,17,18). The van der Waals surface area contributed by atoms with Crippen LogP contribution in [-0.4, -0.2) is 32.8 Å². The van der Waals surface area contributed by atoms with Gasteiger partial charge in [0.2, 0.25) is 5.91 Å². The highest BCUT2D eigenvalue weighted by molar-refractivity contribution is 5.90. The summed E-state index contributed by atoms with van der Waals surface area (Å²) in [6, 6.07) is 7.68. The molecule has 0 aliphatic heterocycles. The predicted molar refractivity (Wildman–Crippen MR) is 79.5 cm³/mol. The molecule has 0 aromatic heterocycles.